The number of amides is 5. The Balaban J connectivity index is 2.08. The van der Waals surface area contributed by atoms with Crippen molar-refractivity contribution in [2.45, 2.75) is 33.4 Å². The van der Waals surface area contributed by atoms with E-state index in [9.17, 15) is 19.2 Å². The molecule has 2 rings (SSSR count). The molecule has 1 fully saturated rings. The summed E-state index contributed by atoms with van der Waals surface area (Å²) in [5.74, 6) is -2.25. The fraction of sp³-hybridized carbons (Fsp3) is 0.467. The maximum Gasteiger partial charge on any atom is 0.334 e. The van der Waals surface area contributed by atoms with Gasteiger partial charge in [-0.25, -0.2) is 9.69 Å². The molecule has 2 heterocycles. The van der Waals surface area contributed by atoms with Crippen molar-refractivity contribution in [2.24, 2.45) is 0 Å². The highest BCUT2D eigenvalue weighted by molar-refractivity contribution is 7.16. The Bertz CT molecular complexity index is 688. The molecule has 0 aromatic carbocycles. The number of imide groups is 2. The molecule has 0 radical (unpaired) electrons. The van der Waals surface area contributed by atoms with Crippen LogP contribution in [0.1, 0.15) is 25.6 Å². The van der Waals surface area contributed by atoms with Crippen LogP contribution in [0.4, 0.5) is 4.79 Å². The molecule has 1 aliphatic heterocycles. The van der Waals surface area contributed by atoms with Gasteiger partial charge in [-0.05, 0) is 32.9 Å². The maximum absolute atomic E-state index is 12.4. The SMILES string of the molecule is CCN(Cc1ccc(Cl)s1)C(=O)CN1C(=O)C(=O)N(C(C)C)C1=O. The highest BCUT2D eigenvalue weighted by Gasteiger charge is 2.46. The van der Waals surface area contributed by atoms with Crippen LogP contribution in [-0.4, -0.2) is 57.6 Å². The minimum atomic E-state index is -0.961. The van der Waals surface area contributed by atoms with E-state index in [0.717, 1.165) is 9.78 Å². The standard InChI is InChI=1S/C15H18ClN3O4S/c1-4-17(7-10-5-6-11(16)24-10)12(20)8-18-13(21)14(22)19(9(2)3)15(18)23/h5-6,9H,4,7-8H2,1-3H3. The van der Waals surface area contributed by atoms with E-state index >= 15 is 0 Å². The zero-order valence-corrected chi connectivity index (χ0v) is 15.2. The summed E-state index contributed by atoms with van der Waals surface area (Å²) < 4.78 is 0.622. The second kappa shape index (κ2) is 7.31. The van der Waals surface area contributed by atoms with Gasteiger partial charge in [0.2, 0.25) is 5.91 Å². The minimum Gasteiger partial charge on any atom is -0.336 e. The number of urea groups is 1. The van der Waals surface area contributed by atoms with Crippen LogP contribution in [0.3, 0.4) is 0 Å². The highest BCUT2D eigenvalue weighted by Crippen LogP contribution is 2.23. The first kappa shape index (κ1) is 18.4. The predicted octanol–water partition coefficient (Wildman–Crippen LogP) is 1.95. The molecule has 1 saturated heterocycles. The van der Waals surface area contributed by atoms with Crippen LogP contribution < -0.4 is 0 Å². The van der Waals surface area contributed by atoms with E-state index in [0.29, 0.717) is 22.3 Å². The Labute approximate surface area is 148 Å². The monoisotopic (exact) mass is 371 g/mol. The molecule has 130 valence electrons. The van der Waals surface area contributed by atoms with Gasteiger partial charge in [0.15, 0.2) is 0 Å². The average Bonchev–Trinajstić information content (AvgIpc) is 3.01. The van der Waals surface area contributed by atoms with Gasteiger partial charge < -0.3 is 4.90 Å². The topological polar surface area (TPSA) is 78.0 Å². The first-order valence-corrected chi connectivity index (χ1v) is 8.66. The van der Waals surface area contributed by atoms with E-state index in [4.69, 9.17) is 11.6 Å². The molecule has 0 spiro atoms. The summed E-state index contributed by atoms with van der Waals surface area (Å²) in [7, 11) is 0. The van der Waals surface area contributed by atoms with E-state index in [1.165, 1.54) is 16.2 Å². The lowest BCUT2D eigenvalue weighted by Gasteiger charge is -2.23. The number of rotatable bonds is 6. The Morgan fingerprint density at radius 2 is 1.92 bits per heavy atom. The molecule has 1 aromatic rings. The van der Waals surface area contributed by atoms with Crippen molar-refractivity contribution in [1.82, 2.24) is 14.7 Å². The lowest BCUT2D eigenvalue weighted by molar-refractivity contribution is -0.145. The summed E-state index contributed by atoms with van der Waals surface area (Å²) in [5.41, 5.74) is 0. The van der Waals surface area contributed by atoms with Crippen molar-refractivity contribution < 1.29 is 19.2 Å². The van der Waals surface area contributed by atoms with Crippen molar-refractivity contribution in [3.8, 4) is 0 Å². The number of hydrogen-bond acceptors (Lipinski definition) is 5. The number of hydrogen-bond donors (Lipinski definition) is 0. The van der Waals surface area contributed by atoms with Crippen molar-refractivity contribution in [1.29, 1.82) is 0 Å². The Morgan fingerprint density at radius 1 is 1.25 bits per heavy atom. The van der Waals surface area contributed by atoms with Gasteiger partial charge in [-0.15, -0.1) is 11.3 Å². The van der Waals surface area contributed by atoms with Crippen molar-refractivity contribution in [3.05, 3.63) is 21.3 Å². The first-order valence-electron chi connectivity index (χ1n) is 7.47. The van der Waals surface area contributed by atoms with Crippen LogP contribution in [-0.2, 0) is 20.9 Å². The van der Waals surface area contributed by atoms with Crippen LogP contribution >= 0.6 is 22.9 Å². The van der Waals surface area contributed by atoms with Crippen LogP contribution in [0.5, 0.6) is 0 Å². The number of likely N-dealkylation sites (N-methyl/N-ethyl adjacent to an activating group) is 1. The molecule has 5 amide bonds. The normalized spacial score (nSPS) is 15.0. The summed E-state index contributed by atoms with van der Waals surface area (Å²) in [6, 6.07) is 2.37. The molecular weight excluding hydrogens is 354 g/mol. The van der Waals surface area contributed by atoms with E-state index in [-0.39, 0.29) is 0 Å². The van der Waals surface area contributed by atoms with E-state index in [1.807, 2.05) is 6.07 Å². The number of carbonyl (C=O) groups is 4. The Hall–Kier alpha value is -1.93. The van der Waals surface area contributed by atoms with Crippen LogP contribution in [0.25, 0.3) is 0 Å². The molecule has 1 aliphatic rings. The molecule has 0 N–H and O–H groups in total. The minimum absolute atomic E-state index is 0.338. The lowest BCUT2D eigenvalue weighted by Crippen LogP contribution is -2.43. The lowest BCUT2D eigenvalue weighted by atomic mass is 10.3. The van der Waals surface area contributed by atoms with Gasteiger partial charge in [0, 0.05) is 17.5 Å². The summed E-state index contributed by atoms with van der Waals surface area (Å²) in [6.07, 6.45) is 0. The summed E-state index contributed by atoms with van der Waals surface area (Å²) in [5, 5.41) is 0. The van der Waals surface area contributed by atoms with Crippen LogP contribution in [0, 0.1) is 0 Å². The maximum atomic E-state index is 12.4. The number of thiophene rings is 1. The molecule has 7 nitrogen and oxygen atoms in total. The molecular formula is C15H18ClN3O4S. The number of nitrogens with zero attached hydrogens (tertiary/aromatic N) is 3. The smallest absolute Gasteiger partial charge is 0.334 e. The third-order valence-electron chi connectivity index (χ3n) is 3.60. The second-order valence-corrected chi connectivity index (χ2v) is 7.36. The first-order chi connectivity index (χ1) is 11.3. The number of carbonyl (C=O) groups excluding carboxylic acids is 4. The van der Waals surface area contributed by atoms with Crippen molar-refractivity contribution >= 4 is 46.7 Å². The van der Waals surface area contributed by atoms with Gasteiger partial charge >= 0.3 is 17.8 Å². The van der Waals surface area contributed by atoms with Gasteiger partial charge in [0.05, 0.1) is 10.9 Å². The van der Waals surface area contributed by atoms with Gasteiger partial charge in [-0.2, -0.15) is 0 Å². The van der Waals surface area contributed by atoms with Gasteiger partial charge in [0.1, 0.15) is 6.54 Å². The van der Waals surface area contributed by atoms with Gasteiger partial charge in [0.25, 0.3) is 0 Å². The third-order valence-corrected chi connectivity index (χ3v) is 4.82. The molecule has 0 saturated carbocycles. The highest BCUT2D eigenvalue weighted by atomic mass is 35.5. The van der Waals surface area contributed by atoms with Gasteiger partial charge in [-0.1, -0.05) is 11.6 Å². The van der Waals surface area contributed by atoms with E-state index in [1.54, 1.807) is 26.8 Å². The zero-order valence-electron chi connectivity index (χ0n) is 13.6. The van der Waals surface area contributed by atoms with E-state index < -0.39 is 36.3 Å². The molecule has 1 aromatic heterocycles. The fourth-order valence-corrected chi connectivity index (χ4v) is 3.46. The van der Waals surface area contributed by atoms with Crippen LogP contribution in [0.2, 0.25) is 4.34 Å². The molecule has 0 unspecified atom stereocenters. The van der Waals surface area contributed by atoms with E-state index in [2.05, 4.69) is 0 Å². The van der Waals surface area contributed by atoms with Gasteiger partial charge in [-0.3, -0.25) is 19.3 Å². The summed E-state index contributed by atoms with van der Waals surface area (Å²) >= 11 is 7.24. The van der Waals surface area contributed by atoms with Crippen LogP contribution in [0.15, 0.2) is 12.1 Å². The summed E-state index contributed by atoms with van der Waals surface area (Å²) in [4.78, 5) is 52.4. The second-order valence-electron chi connectivity index (χ2n) is 5.56. The molecule has 9 heteroatoms. The average molecular weight is 372 g/mol. The molecule has 0 aliphatic carbocycles. The third kappa shape index (κ3) is 3.59. The molecule has 24 heavy (non-hydrogen) atoms. The molecule has 0 atom stereocenters. The number of halogens is 1. The van der Waals surface area contributed by atoms with Crippen molar-refractivity contribution in [3.63, 3.8) is 0 Å². The fourth-order valence-electron chi connectivity index (χ4n) is 2.35. The Kier molecular flexibility index (Phi) is 5.61. The largest absolute Gasteiger partial charge is 0.336 e. The summed E-state index contributed by atoms with van der Waals surface area (Å²) in [6.45, 7) is 5.36. The van der Waals surface area contributed by atoms with Crippen molar-refractivity contribution in [2.75, 3.05) is 13.1 Å². The Morgan fingerprint density at radius 3 is 2.38 bits per heavy atom. The predicted molar refractivity (Wildman–Crippen MR) is 89.5 cm³/mol. The quantitative estimate of drug-likeness (QED) is 0.565. The molecule has 0 bridgehead atoms. The zero-order chi connectivity index (χ0) is 18.0.